The van der Waals surface area contributed by atoms with E-state index in [-0.39, 0.29) is 0 Å². The summed E-state index contributed by atoms with van der Waals surface area (Å²) >= 11 is 0. The summed E-state index contributed by atoms with van der Waals surface area (Å²) in [4.78, 5) is 12.9. The van der Waals surface area contributed by atoms with E-state index in [0.29, 0.717) is 5.76 Å². The van der Waals surface area contributed by atoms with Gasteiger partial charge in [-0.25, -0.2) is 4.79 Å². The predicted molar refractivity (Wildman–Crippen MR) is 34.2 cm³/mol. The van der Waals surface area contributed by atoms with Crippen LogP contribution in [0.2, 0.25) is 0 Å². The topological polar surface area (TPSA) is 46.0 Å². The number of aromatic amines is 1. The third-order valence-corrected chi connectivity index (χ3v) is 1.05. The lowest BCUT2D eigenvalue weighted by molar-refractivity contribution is 0.506. The molecule has 0 aromatic carbocycles. The van der Waals surface area contributed by atoms with Gasteiger partial charge in [-0.05, 0) is 13.0 Å². The summed E-state index contributed by atoms with van der Waals surface area (Å²) in [7, 11) is 0. The molecule has 1 heterocycles. The van der Waals surface area contributed by atoms with Crippen LogP contribution in [0.3, 0.4) is 0 Å². The van der Waals surface area contributed by atoms with E-state index in [1.54, 1.807) is 6.92 Å². The Labute approximate surface area is 52.0 Å². The van der Waals surface area contributed by atoms with Gasteiger partial charge in [-0.3, -0.25) is 4.98 Å². The molecule has 9 heavy (non-hydrogen) atoms. The Morgan fingerprint density at radius 1 is 1.78 bits per heavy atom. The van der Waals surface area contributed by atoms with Crippen molar-refractivity contribution in [1.82, 2.24) is 4.98 Å². The van der Waals surface area contributed by atoms with Crippen LogP contribution < -0.4 is 5.76 Å². The minimum absolute atomic E-state index is 0.428. The fraction of sp³-hybridized carbons (Fsp3) is 0.167. The molecule has 1 aromatic heterocycles. The number of aromatic nitrogens is 1. The summed E-state index contributed by atoms with van der Waals surface area (Å²) in [5.41, 5.74) is 0.718. The molecule has 0 aliphatic heterocycles. The lowest BCUT2D eigenvalue weighted by Crippen LogP contribution is -1.93. The van der Waals surface area contributed by atoms with Gasteiger partial charge >= 0.3 is 5.76 Å². The van der Waals surface area contributed by atoms with Gasteiger partial charge in [0.2, 0.25) is 0 Å². The average Bonchev–Trinajstić information content (AvgIpc) is 2.10. The van der Waals surface area contributed by atoms with Crippen molar-refractivity contribution < 1.29 is 4.42 Å². The number of H-pyrrole nitrogens is 1. The van der Waals surface area contributed by atoms with Crippen LogP contribution in [0.15, 0.2) is 15.8 Å². The molecule has 0 aliphatic rings. The minimum atomic E-state index is -0.428. The third kappa shape index (κ3) is 0.937. The fourth-order valence-electron chi connectivity index (χ4n) is 0.611. The lowest BCUT2D eigenvalue weighted by atomic mass is 10.4. The Morgan fingerprint density at radius 3 is 2.67 bits per heavy atom. The monoisotopic (exact) mass is 125 g/mol. The van der Waals surface area contributed by atoms with E-state index in [4.69, 9.17) is 0 Å². The Morgan fingerprint density at radius 2 is 2.44 bits per heavy atom. The van der Waals surface area contributed by atoms with Crippen molar-refractivity contribution in [2.24, 2.45) is 0 Å². The maximum Gasteiger partial charge on any atom is 0.417 e. The highest BCUT2D eigenvalue weighted by molar-refractivity contribution is 5.41. The van der Waals surface area contributed by atoms with Gasteiger partial charge in [-0.1, -0.05) is 6.58 Å². The minimum Gasteiger partial charge on any atom is -0.408 e. The smallest absolute Gasteiger partial charge is 0.408 e. The maximum absolute atomic E-state index is 10.4. The van der Waals surface area contributed by atoms with E-state index in [1.807, 2.05) is 0 Å². The first-order valence-corrected chi connectivity index (χ1v) is 2.56. The van der Waals surface area contributed by atoms with Crippen molar-refractivity contribution in [2.45, 2.75) is 6.92 Å². The van der Waals surface area contributed by atoms with Gasteiger partial charge in [0, 0.05) is 0 Å². The molecule has 0 fully saturated rings. The quantitative estimate of drug-likeness (QED) is 0.606. The molecule has 0 unspecified atom stereocenters. The second kappa shape index (κ2) is 1.93. The first-order valence-electron chi connectivity index (χ1n) is 2.56. The van der Waals surface area contributed by atoms with Gasteiger partial charge in [0.25, 0.3) is 0 Å². The summed E-state index contributed by atoms with van der Waals surface area (Å²) in [6, 6.07) is 0. The molecule has 0 spiro atoms. The summed E-state index contributed by atoms with van der Waals surface area (Å²) in [6.07, 6.45) is 1.49. The summed E-state index contributed by atoms with van der Waals surface area (Å²) in [6.45, 7) is 5.20. The molecular formula is C6H7NO2. The van der Waals surface area contributed by atoms with Crippen LogP contribution in [0.4, 0.5) is 0 Å². The van der Waals surface area contributed by atoms with Crippen LogP contribution in [-0.2, 0) is 0 Å². The molecular weight excluding hydrogens is 118 g/mol. The van der Waals surface area contributed by atoms with E-state index >= 15 is 0 Å². The van der Waals surface area contributed by atoms with Crippen LogP contribution in [0, 0.1) is 6.92 Å². The largest absolute Gasteiger partial charge is 0.417 e. The fourth-order valence-corrected chi connectivity index (χ4v) is 0.611. The second-order valence-electron chi connectivity index (χ2n) is 1.71. The van der Waals surface area contributed by atoms with E-state index in [1.165, 1.54) is 6.08 Å². The average molecular weight is 125 g/mol. The number of oxazole rings is 1. The van der Waals surface area contributed by atoms with Crippen molar-refractivity contribution in [3.8, 4) is 0 Å². The predicted octanol–water partition coefficient (Wildman–Crippen LogP) is 0.919. The van der Waals surface area contributed by atoms with Crippen LogP contribution in [0.5, 0.6) is 0 Å². The number of aryl methyl sites for hydroxylation is 1. The van der Waals surface area contributed by atoms with Crippen LogP contribution in [-0.4, -0.2) is 4.98 Å². The molecule has 0 bridgehead atoms. The van der Waals surface area contributed by atoms with Crippen LogP contribution >= 0.6 is 0 Å². The zero-order valence-electron chi connectivity index (χ0n) is 5.10. The molecule has 1 N–H and O–H groups in total. The first-order chi connectivity index (χ1) is 4.24. The third-order valence-electron chi connectivity index (χ3n) is 1.05. The zero-order chi connectivity index (χ0) is 6.85. The second-order valence-corrected chi connectivity index (χ2v) is 1.71. The highest BCUT2D eigenvalue weighted by Gasteiger charge is 1.97. The van der Waals surface area contributed by atoms with Crippen molar-refractivity contribution >= 4 is 6.08 Å². The highest BCUT2D eigenvalue weighted by atomic mass is 16.4. The van der Waals surface area contributed by atoms with Gasteiger partial charge in [0.05, 0.1) is 5.69 Å². The SMILES string of the molecule is C=Cc1oc(=O)[nH]c1C. The molecule has 0 aliphatic carbocycles. The Bertz CT molecular complexity index is 269. The van der Waals surface area contributed by atoms with Gasteiger partial charge < -0.3 is 4.42 Å². The van der Waals surface area contributed by atoms with Crippen molar-refractivity contribution in [3.63, 3.8) is 0 Å². The van der Waals surface area contributed by atoms with E-state index in [9.17, 15) is 4.79 Å². The number of hydrogen-bond acceptors (Lipinski definition) is 2. The zero-order valence-corrected chi connectivity index (χ0v) is 5.10. The summed E-state index contributed by atoms with van der Waals surface area (Å²) in [5, 5.41) is 0. The number of rotatable bonds is 1. The summed E-state index contributed by atoms with van der Waals surface area (Å²) in [5.74, 6) is 0.0856. The Balaban J connectivity index is 3.31. The van der Waals surface area contributed by atoms with Crippen LogP contribution in [0.25, 0.3) is 6.08 Å². The Hall–Kier alpha value is -1.25. The first kappa shape index (κ1) is 5.88. The normalized spacial score (nSPS) is 9.44. The van der Waals surface area contributed by atoms with Crippen LogP contribution in [0.1, 0.15) is 11.5 Å². The molecule has 1 aromatic rings. The van der Waals surface area contributed by atoms with Gasteiger partial charge in [0.1, 0.15) is 0 Å². The van der Waals surface area contributed by atoms with E-state index in [2.05, 4.69) is 16.0 Å². The lowest BCUT2D eigenvalue weighted by Gasteiger charge is -1.79. The molecule has 3 nitrogen and oxygen atoms in total. The number of hydrogen-bond donors (Lipinski definition) is 1. The molecule has 0 radical (unpaired) electrons. The van der Waals surface area contributed by atoms with E-state index < -0.39 is 5.76 Å². The molecule has 3 heteroatoms. The molecule has 0 saturated heterocycles. The highest BCUT2D eigenvalue weighted by Crippen LogP contribution is 2.00. The molecule has 0 saturated carbocycles. The van der Waals surface area contributed by atoms with Crippen molar-refractivity contribution in [3.05, 3.63) is 28.6 Å². The van der Waals surface area contributed by atoms with Gasteiger partial charge in [0.15, 0.2) is 5.76 Å². The van der Waals surface area contributed by atoms with Crippen molar-refractivity contribution in [2.75, 3.05) is 0 Å². The van der Waals surface area contributed by atoms with Gasteiger partial charge in [-0.2, -0.15) is 0 Å². The van der Waals surface area contributed by atoms with E-state index in [0.717, 1.165) is 5.69 Å². The molecule has 0 atom stereocenters. The molecule has 1 rings (SSSR count). The van der Waals surface area contributed by atoms with Crippen molar-refractivity contribution in [1.29, 1.82) is 0 Å². The summed E-state index contributed by atoms with van der Waals surface area (Å²) < 4.78 is 4.63. The standard InChI is InChI=1S/C6H7NO2/c1-3-5-4(2)7-6(8)9-5/h3H,1H2,2H3,(H,7,8). The van der Waals surface area contributed by atoms with Gasteiger partial charge in [-0.15, -0.1) is 0 Å². The molecule has 0 amide bonds. The molecule has 48 valence electrons. The maximum atomic E-state index is 10.4. The number of nitrogens with one attached hydrogen (secondary N) is 1. The Kier molecular flexibility index (Phi) is 1.26.